The second-order valence-corrected chi connectivity index (χ2v) is 6.84. The molecule has 0 saturated carbocycles. The van der Waals surface area contributed by atoms with Crippen LogP contribution in [0, 0.1) is 0 Å². The Bertz CT molecular complexity index is 685. The molecule has 132 valence electrons. The molecule has 1 saturated heterocycles. The molecule has 0 bridgehead atoms. The summed E-state index contributed by atoms with van der Waals surface area (Å²) in [6.07, 6.45) is 0.871. The first-order valence-corrected chi connectivity index (χ1v) is 8.76. The molecule has 2 unspecified atom stereocenters. The maximum atomic E-state index is 12.7. The zero-order chi connectivity index (χ0) is 17.7. The topological polar surface area (TPSA) is 49.8 Å². The highest BCUT2D eigenvalue weighted by Crippen LogP contribution is 2.25. The summed E-state index contributed by atoms with van der Waals surface area (Å²) in [6, 6.07) is 19.5. The standard InChI is InChI=1S/C21H25NO3/c1-21(24,18-10-6-3-7-11-18)15-20(23)22-12-13-25-19(16-22)14-17-8-4-2-5-9-17/h2-11,19,24H,12-16H2,1H3. The van der Waals surface area contributed by atoms with Gasteiger partial charge in [-0.1, -0.05) is 60.7 Å². The average Bonchev–Trinajstić information content (AvgIpc) is 2.63. The Morgan fingerprint density at radius 3 is 2.48 bits per heavy atom. The summed E-state index contributed by atoms with van der Waals surface area (Å²) in [4.78, 5) is 14.5. The number of hydrogen-bond donors (Lipinski definition) is 1. The SMILES string of the molecule is CC(O)(CC(=O)N1CCOC(Cc2ccccc2)C1)c1ccccc1. The number of ether oxygens (including phenoxy) is 1. The zero-order valence-corrected chi connectivity index (χ0v) is 14.6. The molecular formula is C21H25NO3. The van der Waals surface area contributed by atoms with Gasteiger partial charge in [-0.3, -0.25) is 4.79 Å². The van der Waals surface area contributed by atoms with Crippen LogP contribution >= 0.6 is 0 Å². The molecule has 0 aromatic heterocycles. The van der Waals surface area contributed by atoms with E-state index in [9.17, 15) is 9.90 Å². The van der Waals surface area contributed by atoms with E-state index in [2.05, 4.69) is 12.1 Å². The molecular weight excluding hydrogens is 314 g/mol. The van der Waals surface area contributed by atoms with Crippen LogP contribution in [-0.4, -0.2) is 41.7 Å². The van der Waals surface area contributed by atoms with Crippen molar-refractivity contribution >= 4 is 5.91 Å². The Balaban J connectivity index is 1.60. The van der Waals surface area contributed by atoms with Gasteiger partial charge in [0, 0.05) is 19.5 Å². The first kappa shape index (κ1) is 17.6. The lowest BCUT2D eigenvalue weighted by Gasteiger charge is -2.35. The van der Waals surface area contributed by atoms with Crippen molar-refractivity contribution in [3.63, 3.8) is 0 Å². The molecule has 1 aliphatic rings. The summed E-state index contributed by atoms with van der Waals surface area (Å²) in [5, 5.41) is 10.7. The number of morpholine rings is 1. The monoisotopic (exact) mass is 339 g/mol. The minimum atomic E-state index is -1.16. The Hall–Kier alpha value is -2.17. The van der Waals surface area contributed by atoms with Crippen LogP contribution in [0.3, 0.4) is 0 Å². The van der Waals surface area contributed by atoms with E-state index in [0.717, 1.165) is 12.0 Å². The Morgan fingerprint density at radius 2 is 1.80 bits per heavy atom. The van der Waals surface area contributed by atoms with Crippen LogP contribution in [0.25, 0.3) is 0 Å². The average molecular weight is 339 g/mol. The number of carbonyl (C=O) groups excluding carboxylic acids is 1. The molecule has 1 fully saturated rings. The van der Waals surface area contributed by atoms with Crippen LogP contribution in [0.4, 0.5) is 0 Å². The van der Waals surface area contributed by atoms with Gasteiger partial charge in [-0.25, -0.2) is 0 Å². The van der Waals surface area contributed by atoms with Gasteiger partial charge in [-0.15, -0.1) is 0 Å². The van der Waals surface area contributed by atoms with Crippen molar-refractivity contribution in [3.05, 3.63) is 71.8 Å². The highest BCUT2D eigenvalue weighted by Gasteiger charge is 2.31. The third-order valence-electron chi connectivity index (χ3n) is 4.69. The molecule has 3 rings (SSSR count). The first-order chi connectivity index (χ1) is 12.0. The summed E-state index contributed by atoms with van der Waals surface area (Å²) in [5.74, 6) is -0.0322. The van der Waals surface area contributed by atoms with E-state index < -0.39 is 5.60 Å². The smallest absolute Gasteiger partial charge is 0.225 e. The molecule has 0 radical (unpaired) electrons. The number of hydrogen-bond acceptors (Lipinski definition) is 3. The highest BCUT2D eigenvalue weighted by molar-refractivity contribution is 5.77. The van der Waals surface area contributed by atoms with Crippen LogP contribution in [0.2, 0.25) is 0 Å². The molecule has 4 nitrogen and oxygen atoms in total. The van der Waals surface area contributed by atoms with E-state index in [1.165, 1.54) is 5.56 Å². The largest absolute Gasteiger partial charge is 0.385 e. The van der Waals surface area contributed by atoms with Crippen LogP contribution in [0.5, 0.6) is 0 Å². The minimum Gasteiger partial charge on any atom is -0.385 e. The molecule has 1 amide bonds. The molecule has 0 spiro atoms. The second kappa shape index (κ2) is 7.81. The molecule has 2 atom stereocenters. The second-order valence-electron chi connectivity index (χ2n) is 6.84. The summed E-state index contributed by atoms with van der Waals surface area (Å²) in [6.45, 7) is 3.38. The van der Waals surface area contributed by atoms with Crippen molar-refractivity contribution in [3.8, 4) is 0 Å². The van der Waals surface area contributed by atoms with E-state index >= 15 is 0 Å². The summed E-state index contributed by atoms with van der Waals surface area (Å²) in [7, 11) is 0. The maximum absolute atomic E-state index is 12.7. The van der Waals surface area contributed by atoms with Gasteiger partial charge in [-0.05, 0) is 18.1 Å². The molecule has 1 aliphatic heterocycles. The van der Waals surface area contributed by atoms with Gasteiger partial charge >= 0.3 is 0 Å². The van der Waals surface area contributed by atoms with E-state index in [1.54, 1.807) is 6.92 Å². The van der Waals surface area contributed by atoms with Gasteiger partial charge in [0.1, 0.15) is 0 Å². The number of carbonyl (C=O) groups is 1. The molecule has 1 N–H and O–H groups in total. The fraction of sp³-hybridized carbons (Fsp3) is 0.381. The predicted octanol–water partition coefficient (Wildman–Crippen LogP) is 2.75. The number of amides is 1. The molecule has 2 aromatic rings. The van der Waals surface area contributed by atoms with E-state index in [-0.39, 0.29) is 18.4 Å². The lowest BCUT2D eigenvalue weighted by molar-refractivity contribution is -0.143. The fourth-order valence-corrected chi connectivity index (χ4v) is 3.25. The van der Waals surface area contributed by atoms with Crippen LogP contribution in [0.1, 0.15) is 24.5 Å². The minimum absolute atomic E-state index is 0.00164. The lowest BCUT2D eigenvalue weighted by Crippen LogP contribution is -2.47. The summed E-state index contributed by atoms with van der Waals surface area (Å²) in [5.41, 5.74) is 0.807. The number of aliphatic hydroxyl groups is 1. The third kappa shape index (κ3) is 4.68. The van der Waals surface area contributed by atoms with Crippen molar-refractivity contribution in [2.75, 3.05) is 19.7 Å². The molecule has 1 heterocycles. The molecule has 2 aromatic carbocycles. The van der Waals surface area contributed by atoms with Crippen LogP contribution in [-0.2, 0) is 21.6 Å². The normalized spacial score (nSPS) is 20.1. The van der Waals surface area contributed by atoms with Gasteiger partial charge in [0.2, 0.25) is 5.91 Å². The summed E-state index contributed by atoms with van der Waals surface area (Å²) < 4.78 is 5.82. The fourth-order valence-electron chi connectivity index (χ4n) is 3.25. The van der Waals surface area contributed by atoms with E-state index in [1.807, 2.05) is 53.4 Å². The molecule has 25 heavy (non-hydrogen) atoms. The van der Waals surface area contributed by atoms with Gasteiger partial charge in [0.25, 0.3) is 0 Å². The van der Waals surface area contributed by atoms with Gasteiger partial charge in [0.05, 0.1) is 24.7 Å². The third-order valence-corrected chi connectivity index (χ3v) is 4.69. The van der Waals surface area contributed by atoms with Crippen molar-refractivity contribution in [2.24, 2.45) is 0 Å². The van der Waals surface area contributed by atoms with E-state index in [0.29, 0.717) is 19.7 Å². The van der Waals surface area contributed by atoms with Crippen LogP contribution < -0.4 is 0 Å². The quantitative estimate of drug-likeness (QED) is 0.911. The predicted molar refractivity (Wildman–Crippen MR) is 97.1 cm³/mol. The van der Waals surface area contributed by atoms with Gasteiger partial charge < -0.3 is 14.7 Å². The van der Waals surface area contributed by atoms with Crippen molar-refractivity contribution < 1.29 is 14.6 Å². The number of nitrogens with zero attached hydrogens (tertiary/aromatic N) is 1. The Morgan fingerprint density at radius 1 is 1.16 bits per heavy atom. The van der Waals surface area contributed by atoms with Crippen molar-refractivity contribution in [1.29, 1.82) is 0 Å². The first-order valence-electron chi connectivity index (χ1n) is 8.76. The van der Waals surface area contributed by atoms with Crippen molar-refractivity contribution in [1.82, 2.24) is 4.90 Å². The van der Waals surface area contributed by atoms with Gasteiger partial charge in [-0.2, -0.15) is 0 Å². The number of benzene rings is 2. The highest BCUT2D eigenvalue weighted by atomic mass is 16.5. The lowest BCUT2D eigenvalue weighted by atomic mass is 9.92. The summed E-state index contributed by atoms with van der Waals surface area (Å²) >= 11 is 0. The maximum Gasteiger partial charge on any atom is 0.225 e. The van der Waals surface area contributed by atoms with Crippen molar-refractivity contribution in [2.45, 2.75) is 31.5 Å². The Kier molecular flexibility index (Phi) is 5.51. The van der Waals surface area contributed by atoms with Crippen LogP contribution in [0.15, 0.2) is 60.7 Å². The molecule has 0 aliphatic carbocycles. The molecule has 4 heteroatoms. The van der Waals surface area contributed by atoms with Gasteiger partial charge in [0.15, 0.2) is 0 Å². The Labute approximate surface area is 149 Å². The zero-order valence-electron chi connectivity index (χ0n) is 14.6. The van der Waals surface area contributed by atoms with E-state index in [4.69, 9.17) is 4.74 Å². The number of rotatable bonds is 5.